The molecule has 1 amide bonds. The van der Waals surface area contributed by atoms with Gasteiger partial charge in [0.15, 0.2) is 0 Å². The van der Waals surface area contributed by atoms with Crippen molar-refractivity contribution in [1.29, 1.82) is 5.26 Å². The van der Waals surface area contributed by atoms with Gasteiger partial charge in [-0.05, 0) is 37.8 Å². The highest BCUT2D eigenvalue weighted by Gasteiger charge is 2.42. The van der Waals surface area contributed by atoms with Crippen molar-refractivity contribution in [2.75, 3.05) is 19.0 Å². The zero-order chi connectivity index (χ0) is 14.6. The number of nitrogens with zero attached hydrogens (tertiary/aromatic N) is 1. The van der Waals surface area contributed by atoms with E-state index >= 15 is 0 Å². The Morgan fingerprint density at radius 1 is 1.50 bits per heavy atom. The standard InChI is InChI=1S/C15H19N3O2/c1-15(10-16,11-7-8-11)18-14(19)9-17-12-5-3-4-6-13(12)20-2/h3-6,11,17H,7-9H2,1-2H3,(H,18,19). The third-order valence-corrected chi connectivity index (χ3v) is 3.57. The predicted octanol–water partition coefficient (Wildman–Crippen LogP) is 1.92. The molecule has 2 N–H and O–H groups in total. The second-order valence-electron chi connectivity index (χ2n) is 5.19. The molecule has 5 heteroatoms. The molecule has 0 bridgehead atoms. The number of carbonyl (C=O) groups is 1. The third kappa shape index (κ3) is 3.21. The van der Waals surface area contributed by atoms with Crippen LogP contribution >= 0.6 is 0 Å². The molecule has 0 radical (unpaired) electrons. The SMILES string of the molecule is COc1ccccc1NCC(=O)NC(C)(C#N)C1CC1. The van der Waals surface area contributed by atoms with E-state index in [0.29, 0.717) is 5.75 Å². The number of ether oxygens (including phenoxy) is 1. The Balaban J connectivity index is 1.91. The Kier molecular flexibility index (Phi) is 4.14. The number of amides is 1. The van der Waals surface area contributed by atoms with Gasteiger partial charge in [-0.25, -0.2) is 0 Å². The number of methoxy groups -OCH3 is 1. The minimum absolute atomic E-state index is 0.115. The summed E-state index contributed by atoms with van der Waals surface area (Å²) in [6.45, 7) is 1.90. The summed E-state index contributed by atoms with van der Waals surface area (Å²) in [5.74, 6) is 0.778. The highest BCUT2D eigenvalue weighted by Crippen LogP contribution is 2.39. The number of benzene rings is 1. The van der Waals surface area contributed by atoms with Crippen LogP contribution in [0, 0.1) is 17.2 Å². The van der Waals surface area contributed by atoms with Crippen molar-refractivity contribution in [2.24, 2.45) is 5.92 Å². The normalized spacial score (nSPS) is 16.6. The minimum Gasteiger partial charge on any atom is -0.495 e. The topological polar surface area (TPSA) is 74.2 Å². The van der Waals surface area contributed by atoms with E-state index in [2.05, 4.69) is 16.7 Å². The highest BCUT2D eigenvalue weighted by molar-refractivity contribution is 5.82. The van der Waals surface area contributed by atoms with E-state index in [1.807, 2.05) is 24.3 Å². The molecule has 1 fully saturated rings. The summed E-state index contributed by atoms with van der Waals surface area (Å²) < 4.78 is 5.20. The van der Waals surface area contributed by atoms with E-state index in [0.717, 1.165) is 18.5 Å². The largest absolute Gasteiger partial charge is 0.495 e. The summed E-state index contributed by atoms with van der Waals surface area (Å²) in [5.41, 5.74) is 0.00902. The maximum atomic E-state index is 12.0. The van der Waals surface area contributed by atoms with Crippen LogP contribution in [-0.2, 0) is 4.79 Å². The molecule has 20 heavy (non-hydrogen) atoms. The average Bonchev–Trinajstić information content (AvgIpc) is 3.30. The van der Waals surface area contributed by atoms with Crippen molar-refractivity contribution in [2.45, 2.75) is 25.3 Å². The van der Waals surface area contributed by atoms with E-state index in [9.17, 15) is 10.1 Å². The van der Waals surface area contributed by atoms with Gasteiger partial charge in [-0.1, -0.05) is 12.1 Å². The summed E-state index contributed by atoms with van der Waals surface area (Å²) in [6, 6.07) is 9.61. The summed E-state index contributed by atoms with van der Waals surface area (Å²) in [4.78, 5) is 12.0. The van der Waals surface area contributed by atoms with Gasteiger partial charge in [-0.3, -0.25) is 4.79 Å². The van der Waals surface area contributed by atoms with E-state index in [1.165, 1.54) is 0 Å². The summed E-state index contributed by atoms with van der Waals surface area (Å²) in [6.07, 6.45) is 2.01. The maximum absolute atomic E-state index is 12.0. The number of hydrogen-bond acceptors (Lipinski definition) is 4. The first-order valence-electron chi connectivity index (χ1n) is 6.68. The molecule has 1 saturated carbocycles. The van der Waals surface area contributed by atoms with Crippen LogP contribution in [-0.4, -0.2) is 25.1 Å². The van der Waals surface area contributed by atoms with E-state index in [4.69, 9.17) is 4.74 Å². The molecular weight excluding hydrogens is 254 g/mol. The molecule has 1 aromatic rings. The average molecular weight is 273 g/mol. The van der Waals surface area contributed by atoms with Gasteiger partial charge in [0.25, 0.3) is 0 Å². The fraction of sp³-hybridized carbons (Fsp3) is 0.467. The van der Waals surface area contributed by atoms with Crippen molar-refractivity contribution in [1.82, 2.24) is 5.32 Å². The lowest BCUT2D eigenvalue weighted by molar-refractivity contribution is -0.120. The predicted molar refractivity (Wildman–Crippen MR) is 76.4 cm³/mol. The number of rotatable bonds is 6. The van der Waals surface area contributed by atoms with Crippen LogP contribution in [0.5, 0.6) is 5.75 Å². The van der Waals surface area contributed by atoms with Gasteiger partial charge < -0.3 is 15.4 Å². The molecule has 5 nitrogen and oxygen atoms in total. The lowest BCUT2D eigenvalue weighted by atomic mass is 9.98. The third-order valence-electron chi connectivity index (χ3n) is 3.57. The Labute approximate surface area is 118 Å². The fourth-order valence-corrected chi connectivity index (χ4v) is 2.18. The molecule has 0 heterocycles. The Bertz CT molecular complexity index is 534. The van der Waals surface area contributed by atoms with Gasteiger partial charge in [0.05, 0.1) is 25.4 Å². The fourth-order valence-electron chi connectivity index (χ4n) is 2.18. The van der Waals surface area contributed by atoms with Crippen molar-refractivity contribution in [3.05, 3.63) is 24.3 Å². The number of nitrogens with one attached hydrogen (secondary N) is 2. The van der Waals surface area contributed by atoms with E-state index in [1.54, 1.807) is 14.0 Å². The zero-order valence-electron chi connectivity index (χ0n) is 11.8. The van der Waals surface area contributed by atoms with Crippen LogP contribution in [0.4, 0.5) is 5.69 Å². The second kappa shape index (κ2) is 5.83. The molecule has 1 atom stereocenters. The Morgan fingerprint density at radius 3 is 2.80 bits per heavy atom. The van der Waals surface area contributed by atoms with E-state index < -0.39 is 5.54 Å². The molecular formula is C15H19N3O2. The number of anilines is 1. The monoisotopic (exact) mass is 273 g/mol. The van der Waals surface area contributed by atoms with Crippen molar-refractivity contribution in [3.63, 3.8) is 0 Å². The first-order valence-corrected chi connectivity index (χ1v) is 6.68. The van der Waals surface area contributed by atoms with Gasteiger partial charge in [0.2, 0.25) is 5.91 Å². The molecule has 106 valence electrons. The lowest BCUT2D eigenvalue weighted by Crippen LogP contribution is -2.48. The number of hydrogen-bond donors (Lipinski definition) is 2. The van der Waals surface area contributed by atoms with Crippen LogP contribution in [0.15, 0.2) is 24.3 Å². The molecule has 0 aliphatic heterocycles. The van der Waals surface area contributed by atoms with E-state index in [-0.39, 0.29) is 18.4 Å². The molecule has 0 aromatic heterocycles. The van der Waals surface area contributed by atoms with Gasteiger partial charge in [0, 0.05) is 0 Å². The zero-order valence-corrected chi connectivity index (χ0v) is 11.8. The lowest BCUT2D eigenvalue weighted by Gasteiger charge is -2.23. The number of carbonyl (C=O) groups excluding carboxylic acids is 1. The Hall–Kier alpha value is -2.22. The van der Waals surface area contributed by atoms with Crippen LogP contribution in [0.2, 0.25) is 0 Å². The van der Waals surface area contributed by atoms with Crippen LogP contribution in [0.25, 0.3) is 0 Å². The first-order chi connectivity index (χ1) is 9.59. The number of para-hydroxylation sites is 2. The van der Waals surface area contributed by atoms with Gasteiger partial charge in [-0.2, -0.15) is 5.26 Å². The molecule has 2 rings (SSSR count). The number of nitriles is 1. The smallest absolute Gasteiger partial charge is 0.240 e. The molecule has 1 aliphatic carbocycles. The minimum atomic E-state index is -0.750. The molecule has 0 saturated heterocycles. The van der Waals surface area contributed by atoms with Crippen molar-refractivity contribution in [3.8, 4) is 11.8 Å². The van der Waals surface area contributed by atoms with Crippen molar-refractivity contribution < 1.29 is 9.53 Å². The van der Waals surface area contributed by atoms with Crippen LogP contribution in [0.1, 0.15) is 19.8 Å². The highest BCUT2D eigenvalue weighted by atomic mass is 16.5. The van der Waals surface area contributed by atoms with Gasteiger partial charge in [0.1, 0.15) is 11.3 Å². The molecule has 0 spiro atoms. The first kappa shape index (κ1) is 14.2. The maximum Gasteiger partial charge on any atom is 0.240 e. The summed E-state index contributed by atoms with van der Waals surface area (Å²) in [5, 5.41) is 15.0. The Morgan fingerprint density at radius 2 is 2.20 bits per heavy atom. The molecule has 1 aromatic carbocycles. The molecule has 1 aliphatic rings. The van der Waals surface area contributed by atoms with Gasteiger partial charge >= 0.3 is 0 Å². The van der Waals surface area contributed by atoms with Crippen LogP contribution in [0.3, 0.4) is 0 Å². The molecule has 1 unspecified atom stereocenters. The van der Waals surface area contributed by atoms with Crippen LogP contribution < -0.4 is 15.4 Å². The second-order valence-corrected chi connectivity index (χ2v) is 5.19. The van der Waals surface area contributed by atoms with Crippen molar-refractivity contribution >= 4 is 11.6 Å². The summed E-state index contributed by atoms with van der Waals surface area (Å²) in [7, 11) is 1.58. The quantitative estimate of drug-likeness (QED) is 0.830. The summed E-state index contributed by atoms with van der Waals surface area (Å²) >= 11 is 0. The van der Waals surface area contributed by atoms with Gasteiger partial charge in [-0.15, -0.1) is 0 Å².